The van der Waals surface area contributed by atoms with Crippen LogP contribution in [0, 0.1) is 5.92 Å². The number of halogens is 1. The monoisotopic (exact) mass is 292 g/mol. The molecule has 1 aliphatic carbocycles. The highest BCUT2D eigenvalue weighted by atomic mass is 79.9. The molecule has 3 nitrogen and oxygen atoms in total. The van der Waals surface area contributed by atoms with Crippen LogP contribution in [-0.2, 0) is 17.6 Å². The van der Waals surface area contributed by atoms with Crippen LogP contribution in [0.4, 0.5) is 0 Å². The summed E-state index contributed by atoms with van der Waals surface area (Å²) >= 11 is 3.49. The Labute approximate surface area is 108 Å². The van der Waals surface area contributed by atoms with Gasteiger partial charge in [0.2, 0.25) is 5.91 Å². The van der Waals surface area contributed by atoms with Crippen molar-refractivity contribution < 1.29 is 4.79 Å². The third-order valence-corrected chi connectivity index (χ3v) is 4.05. The number of hydrogen-bond acceptors (Lipinski definition) is 1. The Balaban J connectivity index is 2.10. The summed E-state index contributed by atoms with van der Waals surface area (Å²) in [5.74, 6) is -0.200. The van der Waals surface area contributed by atoms with Gasteiger partial charge in [0.15, 0.2) is 0 Å². The smallest absolute Gasteiger partial charge is 0.220 e. The zero-order valence-corrected chi connectivity index (χ0v) is 10.9. The van der Waals surface area contributed by atoms with Crippen LogP contribution < -0.4 is 5.73 Å². The lowest BCUT2D eigenvalue weighted by atomic mass is 9.86. The van der Waals surface area contributed by atoms with Crippen molar-refractivity contribution in [3.05, 3.63) is 33.9 Å². The van der Waals surface area contributed by atoms with E-state index in [0.29, 0.717) is 0 Å². The molecule has 2 aromatic rings. The van der Waals surface area contributed by atoms with Crippen LogP contribution in [-0.4, -0.2) is 10.9 Å². The number of aromatic amines is 1. The first kappa shape index (κ1) is 10.8. The van der Waals surface area contributed by atoms with Crippen molar-refractivity contribution in [2.75, 3.05) is 0 Å². The molecular formula is C13H13BrN2O. The number of nitrogens with two attached hydrogens (primary N) is 1. The molecule has 3 N–H and O–H groups in total. The number of nitrogens with one attached hydrogen (secondary N) is 1. The first-order valence-corrected chi connectivity index (χ1v) is 6.53. The Morgan fingerprint density at radius 1 is 1.47 bits per heavy atom. The van der Waals surface area contributed by atoms with Gasteiger partial charge in [-0.2, -0.15) is 0 Å². The summed E-state index contributed by atoms with van der Waals surface area (Å²) < 4.78 is 1.09. The lowest BCUT2D eigenvalue weighted by Crippen LogP contribution is -2.28. The standard InChI is InChI=1S/C13H13BrN2O/c14-8-2-4-11-10(6-8)9-3-1-7(13(15)17)5-12(9)16-11/h2,4,6-7,16H,1,3,5H2,(H2,15,17)/t7-/m1/s1. The van der Waals surface area contributed by atoms with Crippen molar-refractivity contribution in [3.8, 4) is 0 Å². The minimum atomic E-state index is -0.185. The topological polar surface area (TPSA) is 58.9 Å². The average Bonchev–Trinajstić information content (AvgIpc) is 2.66. The van der Waals surface area contributed by atoms with Crippen molar-refractivity contribution in [1.82, 2.24) is 4.98 Å². The summed E-state index contributed by atoms with van der Waals surface area (Å²) in [6.07, 6.45) is 2.54. The van der Waals surface area contributed by atoms with E-state index in [1.165, 1.54) is 16.6 Å². The maximum absolute atomic E-state index is 11.2. The van der Waals surface area contributed by atoms with Gasteiger partial charge in [-0.25, -0.2) is 0 Å². The van der Waals surface area contributed by atoms with Gasteiger partial charge in [-0.05, 0) is 43.0 Å². The van der Waals surface area contributed by atoms with Crippen LogP contribution in [0.3, 0.4) is 0 Å². The summed E-state index contributed by atoms with van der Waals surface area (Å²) in [5, 5.41) is 1.26. The van der Waals surface area contributed by atoms with Gasteiger partial charge in [-0.3, -0.25) is 4.79 Å². The third kappa shape index (κ3) is 1.76. The molecule has 0 saturated carbocycles. The van der Waals surface area contributed by atoms with E-state index in [1.807, 2.05) is 6.07 Å². The molecule has 0 aliphatic heterocycles. The van der Waals surface area contributed by atoms with Gasteiger partial charge >= 0.3 is 0 Å². The van der Waals surface area contributed by atoms with Crippen molar-refractivity contribution in [1.29, 1.82) is 0 Å². The van der Waals surface area contributed by atoms with E-state index in [4.69, 9.17) is 5.73 Å². The molecule has 1 aliphatic rings. The number of aryl methyl sites for hydroxylation is 1. The van der Waals surface area contributed by atoms with E-state index >= 15 is 0 Å². The van der Waals surface area contributed by atoms with Gasteiger partial charge in [0.25, 0.3) is 0 Å². The van der Waals surface area contributed by atoms with E-state index in [-0.39, 0.29) is 11.8 Å². The van der Waals surface area contributed by atoms with E-state index < -0.39 is 0 Å². The number of carbonyl (C=O) groups is 1. The third-order valence-electron chi connectivity index (χ3n) is 3.55. The number of rotatable bonds is 1. The fourth-order valence-electron chi connectivity index (χ4n) is 2.65. The van der Waals surface area contributed by atoms with Gasteiger partial charge in [0, 0.05) is 27.0 Å². The largest absolute Gasteiger partial charge is 0.369 e. The van der Waals surface area contributed by atoms with E-state index in [1.54, 1.807) is 0 Å². The average molecular weight is 293 g/mol. The van der Waals surface area contributed by atoms with Gasteiger partial charge in [0.1, 0.15) is 0 Å². The molecular weight excluding hydrogens is 280 g/mol. The number of primary amides is 1. The van der Waals surface area contributed by atoms with Crippen molar-refractivity contribution in [3.63, 3.8) is 0 Å². The Bertz CT molecular complexity index is 603. The van der Waals surface area contributed by atoms with Crippen molar-refractivity contribution in [2.24, 2.45) is 11.7 Å². The fourth-order valence-corrected chi connectivity index (χ4v) is 3.01. The van der Waals surface area contributed by atoms with E-state index in [9.17, 15) is 4.79 Å². The second-order valence-electron chi connectivity index (χ2n) is 4.61. The summed E-state index contributed by atoms with van der Waals surface area (Å²) in [6.45, 7) is 0. The van der Waals surface area contributed by atoms with Crippen LogP contribution in [0.25, 0.3) is 10.9 Å². The minimum absolute atomic E-state index is 0.0148. The molecule has 1 aromatic carbocycles. The molecule has 0 bridgehead atoms. The summed E-state index contributed by atoms with van der Waals surface area (Å²) in [7, 11) is 0. The van der Waals surface area contributed by atoms with Crippen LogP contribution in [0.5, 0.6) is 0 Å². The Hall–Kier alpha value is -1.29. The summed E-state index contributed by atoms with van der Waals surface area (Å²) in [4.78, 5) is 14.6. The normalized spacial score (nSPS) is 19.2. The second kappa shape index (κ2) is 3.88. The predicted molar refractivity (Wildman–Crippen MR) is 70.7 cm³/mol. The molecule has 0 fully saturated rings. The predicted octanol–water partition coefficient (Wildman–Crippen LogP) is 2.52. The molecule has 3 rings (SSSR count). The lowest BCUT2D eigenvalue weighted by molar-refractivity contribution is -0.122. The maximum Gasteiger partial charge on any atom is 0.220 e. The first-order valence-electron chi connectivity index (χ1n) is 5.73. The van der Waals surface area contributed by atoms with E-state index in [2.05, 4.69) is 33.0 Å². The van der Waals surface area contributed by atoms with Crippen LogP contribution in [0.1, 0.15) is 17.7 Å². The van der Waals surface area contributed by atoms with Crippen LogP contribution >= 0.6 is 15.9 Å². The molecule has 1 aromatic heterocycles. The first-order chi connectivity index (χ1) is 8.15. The second-order valence-corrected chi connectivity index (χ2v) is 5.53. The van der Waals surface area contributed by atoms with E-state index in [0.717, 1.165) is 29.3 Å². The van der Waals surface area contributed by atoms with Crippen molar-refractivity contribution >= 4 is 32.7 Å². The number of fused-ring (bicyclic) bond motifs is 3. The molecule has 1 amide bonds. The molecule has 1 heterocycles. The Morgan fingerprint density at radius 3 is 3.06 bits per heavy atom. The van der Waals surface area contributed by atoms with Gasteiger partial charge in [-0.1, -0.05) is 15.9 Å². The van der Waals surface area contributed by atoms with Crippen LogP contribution in [0.2, 0.25) is 0 Å². The number of hydrogen-bond donors (Lipinski definition) is 2. The minimum Gasteiger partial charge on any atom is -0.369 e. The lowest BCUT2D eigenvalue weighted by Gasteiger charge is -2.19. The SMILES string of the molecule is NC(=O)[C@@H]1CCc2c([nH]c3ccc(Br)cc23)C1. The number of benzene rings is 1. The Kier molecular flexibility index (Phi) is 2.47. The fraction of sp³-hybridized carbons (Fsp3) is 0.308. The molecule has 0 spiro atoms. The number of carbonyl (C=O) groups excluding carboxylic acids is 1. The summed E-state index contributed by atoms with van der Waals surface area (Å²) in [5.41, 5.74) is 9.04. The number of aromatic nitrogens is 1. The van der Waals surface area contributed by atoms with Gasteiger partial charge in [0.05, 0.1) is 0 Å². The van der Waals surface area contributed by atoms with Crippen LogP contribution in [0.15, 0.2) is 22.7 Å². The molecule has 4 heteroatoms. The molecule has 0 saturated heterocycles. The van der Waals surface area contributed by atoms with Crippen molar-refractivity contribution in [2.45, 2.75) is 19.3 Å². The molecule has 0 unspecified atom stereocenters. The van der Waals surface area contributed by atoms with Gasteiger partial charge < -0.3 is 10.7 Å². The molecule has 0 radical (unpaired) electrons. The highest BCUT2D eigenvalue weighted by Crippen LogP contribution is 2.32. The molecule has 1 atom stereocenters. The zero-order chi connectivity index (χ0) is 12.0. The zero-order valence-electron chi connectivity index (χ0n) is 9.29. The quantitative estimate of drug-likeness (QED) is 0.834. The van der Waals surface area contributed by atoms with Gasteiger partial charge in [-0.15, -0.1) is 0 Å². The maximum atomic E-state index is 11.2. The molecule has 88 valence electrons. The highest BCUT2D eigenvalue weighted by Gasteiger charge is 2.25. The summed E-state index contributed by atoms with van der Waals surface area (Å²) in [6, 6.07) is 6.22. The number of H-pyrrole nitrogens is 1. The number of amides is 1. The molecule has 17 heavy (non-hydrogen) atoms. The Morgan fingerprint density at radius 2 is 2.29 bits per heavy atom. The highest BCUT2D eigenvalue weighted by molar-refractivity contribution is 9.10.